The van der Waals surface area contributed by atoms with Gasteiger partial charge in [-0.15, -0.1) is 0 Å². The average Bonchev–Trinajstić information content (AvgIpc) is 2.82. The van der Waals surface area contributed by atoms with Gasteiger partial charge in [-0.2, -0.15) is 0 Å². The van der Waals surface area contributed by atoms with Crippen LogP contribution in [0.4, 0.5) is 0 Å². The molecular weight excluding hydrogens is 310 g/mol. The van der Waals surface area contributed by atoms with Gasteiger partial charge < -0.3 is 4.90 Å². The summed E-state index contributed by atoms with van der Waals surface area (Å²) in [6, 6.07) is 14.5. The summed E-state index contributed by atoms with van der Waals surface area (Å²) in [5.74, 6) is 0.0888. The van der Waals surface area contributed by atoms with Gasteiger partial charge in [-0.3, -0.25) is 14.7 Å². The number of aromatic nitrogens is 1. The summed E-state index contributed by atoms with van der Waals surface area (Å²) in [5, 5.41) is 0. The lowest BCUT2D eigenvalue weighted by molar-refractivity contribution is -0.127. The van der Waals surface area contributed by atoms with Crippen LogP contribution in [0.1, 0.15) is 24.5 Å². The summed E-state index contributed by atoms with van der Waals surface area (Å²) < 4.78 is 0. The van der Waals surface area contributed by atoms with Crippen molar-refractivity contribution in [3.05, 3.63) is 72.1 Å². The number of hydrogen-bond acceptors (Lipinski definition) is 3. The topological polar surface area (TPSA) is 36.4 Å². The van der Waals surface area contributed by atoms with Crippen LogP contribution < -0.4 is 0 Å². The van der Waals surface area contributed by atoms with Gasteiger partial charge in [0.2, 0.25) is 5.91 Å². The van der Waals surface area contributed by atoms with Gasteiger partial charge in [0.05, 0.1) is 0 Å². The molecule has 1 aromatic carbocycles. The van der Waals surface area contributed by atoms with E-state index in [9.17, 15) is 4.79 Å². The quantitative estimate of drug-likeness (QED) is 0.805. The van der Waals surface area contributed by atoms with Gasteiger partial charge in [-0.25, -0.2) is 0 Å². The van der Waals surface area contributed by atoms with Crippen molar-refractivity contribution in [3.63, 3.8) is 0 Å². The van der Waals surface area contributed by atoms with Gasteiger partial charge >= 0.3 is 0 Å². The molecule has 2 heterocycles. The molecule has 1 aliphatic heterocycles. The second-order valence-electron chi connectivity index (χ2n) is 6.57. The molecule has 1 amide bonds. The maximum Gasteiger partial charge on any atom is 0.246 e. The van der Waals surface area contributed by atoms with E-state index >= 15 is 0 Å². The zero-order chi connectivity index (χ0) is 17.5. The molecule has 0 unspecified atom stereocenters. The second-order valence-corrected chi connectivity index (χ2v) is 6.57. The molecule has 1 atom stereocenters. The number of benzene rings is 1. The molecule has 4 heteroatoms. The van der Waals surface area contributed by atoms with Crippen molar-refractivity contribution in [1.82, 2.24) is 14.8 Å². The van der Waals surface area contributed by atoms with E-state index in [1.165, 1.54) is 5.56 Å². The molecule has 0 bridgehead atoms. The minimum Gasteiger partial charge on any atom is -0.335 e. The highest BCUT2D eigenvalue weighted by Gasteiger charge is 2.24. The van der Waals surface area contributed by atoms with Crippen LogP contribution in [0.5, 0.6) is 0 Å². The standard InChI is InChI=1S/C21H25N3O/c1-18-16-23(17-20-6-3-2-4-7-20)14-5-15-24(18)21(25)9-8-19-10-12-22-13-11-19/h2-4,6-13,18H,5,14-17H2,1H3/b9-8-/t18-/m1/s1. The van der Waals surface area contributed by atoms with Crippen LogP contribution >= 0.6 is 0 Å². The van der Waals surface area contributed by atoms with Gasteiger partial charge in [-0.05, 0) is 42.7 Å². The van der Waals surface area contributed by atoms with Crippen molar-refractivity contribution in [2.45, 2.75) is 25.9 Å². The van der Waals surface area contributed by atoms with Crippen molar-refractivity contribution in [1.29, 1.82) is 0 Å². The van der Waals surface area contributed by atoms with Gasteiger partial charge in [0.1, 0.15) is 0 Å². The van der Waals surface area contributed by atoms with Crippen LogP contribution in [0.15, 0.2) is 60.9 Å². The van der Waals surface area contributed by atoms with Crippen LogP contribution in [0, 0.1) is 0 Å². The predicted molar refractivity (Wildman–Crippen MR) is 101 cm³/mol. The largest absolute Gasteiger partial charge is 0.335 e. The maximum absolute atomic E-state index is 12.6. The molecule has 0 saturated carbocycles. The van der Waals surface area contributed by atoms with E-state index < -0.39 is 0 Å². The first-order valence-electron chi connectivity index (χ1n) is 8.87. The van der Waals surface area contributed by atoms with Crippen molar-refractivity contribution < 1.29 is 4.79 Å². The van der Waals surface area contributed by atoms with Crippen LogP contribution in [-0.2, 0) is 11.3 Å². The molecule has 2 aromatic rings. The molecule has 1 fully saturated rings. The summed E-state index contributed by atoms with van der Waals surface area (Å²) in [6.45, 7) is 5.83. The summed E-state index contributed by atoms with van der Waals surface area (Å²) in [6.07, 6.45) is 8.02. The van der Waals surface area contributed by atoms with Gasteiger partial charge in [0, 0.05) is 50.7 Å². The third kappa shape index (κ3) is 5.00. The Morgan fingerprint density at radius 1 is 1.16 bits per heavy atom. The van der Waals surface area contributed by atoms with Crippen molar-refractivity contribution in [3.8, 4) is 0 Å². The summed E-state index contributed by atoms with van der Waals surface area (Å²) in [7, 11) is 0. The molecule has 1 aliphatic rings. The third-order valence-electron chi connectivity index (χ3n) is 4.58. The number of rotatable bonds is 4. The molecule has 25 heavy (non-hydrogen) atoms. The lowest BCUT2D eigenvalue weighted by Gasteiger charge is -2.28. The minimum absolute atomic E-state index is 0.0888. The van der Waals surface area contributed by atoms with Crippen LogP contribution in [0.25, 0.3) is 6.08 Å². The fourth-order valence-corrected chi connectivity index (χ4v) is 3.30. The molecule has 3 rings (SSSR count). The first-order chi connectivity index (χ1) is 12.2. The molecule has 0 aliphatic carbocycles. The lowest BCUT2D eigenvalue weighted by atomic mass is 10.2. The van der Waals surface area contributed by atoms with Crippen LogP contribution in [0.3, 0.4) is 0 Å². The number of pyridine rings is 1. The van der Waals surface area contributed by atoms with Gasteiger partial charge in [0.15, 0.2) is 0 Å². The Bertz CT molecular complexity index is 700. The monoisotopic (exact) mass is 335 g/mol. The van der Waals surface area contributed by atoms with E-state index in [1.54, 1.807) is 18.5 Å². The van der Waals surface area contributed by atoms with Crippen LogP contribution in [0.2, 0.25) is 0 Å². The van der Waals surface area contributed by atoms with E-state index in [0.717, 1.165) is 38.2 Å². The number of nitrogens with zero attached hydrogens (tertiary/aromatic N) is 3. The van der Waals surface area contributed by atoms with E-state index in [-0.39, 0.29) is 11.9 Å². The van der Waals surface area contributed by atoms with E-state index in [2.05, 4.69) is 41.1 Å². The van der Waals surface area contributed by atoms with Crippen molar-refractivity contribution in [2.75, 3.05) is 19.6 Å². The minimum atomic E-state index is 0.0888. The fraction of sp³-hybridized carbons (Fsp3) is 0.333. The number of carbonyl (C=O) groups excluding carboxylic acids is 1. The predicted octanol–water partition coefficient (Wildman–Crippen LogP) is 3.22. The highest BCUT2D eigenvalue weighted by Crippen LogP contribution is 2.14. The van der Waals surface area contributed by atoms with E-state index in [0.29, 0.717) is 0 Å². The first kappa shape index (κ1) is 17.4. The molecule has 0 N–H and O–H groups in total. The lowest BCUT2D eigenvalue weighted by Crippen LogP contribution is -2.41. The third-order valence-corrected chi connectivity index (χ3v) is 4.58. The Hall–Kier alpha value is -2.46. The van der Waals surface area contributed by atoms with Gasteiger partial charge in [0.25, 0.3) is 0 Å². The van der Waals surface area contributed by atoms with Gasteiger partial charge in [-0.1, -0.05) is 30.3 Å². The Balaban J connectivity index is 1.60. The Morgan fingerprint density at radius 3 is 2.68 bits per heavy atom. The molecular formula is C21H25N3O. The Labute approximate surface area is 149 Å². The fourth-order valence-electron chi connectivity index (χ4n) is 3.30. The highest BCUT2D eigenvalue weighted by atomic mass is 16.2. The number of hydrogen-bond donors (Lipinski definition) is 0. The molecule has 1 aromatic heterocycles. The Morgan fingerprint density at radius 2 is 1.92 bits per heavy atom. The summed E-state index contributed by atoms with van der Waals surface area (Å²) in [4.78, 5) is 21.0. The first-order valence-corrected chi connectivity index (χ1v) is 8.87. The second kappa shape index (κ2) is 8.58. The zero-order valence-electron chi connectivity index (χ0n) is 14.7. The smallest absolute Gasteiger partial charge is 0.246 e. The molecule has 130 valence electrons. The van der Waals surface area contributed by atoms with E-state index in [4.69, 9.17) is 0 Å². The normalized spacial score (nSPS) is 19.1. The van der Waals surface area contributed by atoms with E-state index in [1.807, 2.05) is 29.2 Å². The van der Waals surface area contributed by atoms with Crippen molar-refractivity contribution in [2.24, 2.45) is 0 Å². The molecule has 0 radical (unpaired) electrons. The SMILES string of the molecule is C[C@@H]1CN(Cc2ccccc2)CCCN1C(=O)/C=C\c1ccncc1. The zero-order valence-corrected chi connectivity index (χ0v) is 14.7. The number of carbonyl (C=O) groups is 1. The highest BCUT2D eigenvalue weighted by molar-refractivity contribution is 5.92. The molecule has 1 saturated heterocycles. The molecule has 0 spiro atoms. The summed E-state index contributed by atoms with van der Waals surface area (Å²) in [5.41, 5.74) is 2.32. The molecule has 4 nitrogen and oxygen atoms in total. The Kier molecular flexibility index (Phi) is 5.96. The van der Waals surface area contributed by atoms with Crippen LogP contribution in [-0.4, -0.2) is 46.4 Å². The average molecular weight is 335 g/mol. The van der Waals surface area contributed by atoms with Crippen molar-refractivity contribution >= 4 is 12.0 Å². The maximum atomic E-state index is 12.6. The summed E-state index contributed by atoms with van der Waals surface area (Å²) >= 11 is 0. The number of amides is 1.